The van der Waals surface area contributed by atoms with Crippen molar-refractivity contribution in [1.82, 2.24) is 4.90 Å². The summed E-state index contributed by atoms with van der Waals surface area (Å²) in [6.45, 7) is -2.35. The average Bonchev–Trinajstić information content (AvgIpc) is 2.66. The highest BCUT2D eigenvalue weighted by Crippen LogP contribution is 2.56. The first-order chi connectivity index (χ1) is 14.7. The first kappa shape index (κ1) is 5.88. The second-order valence-electron chi connectivity index (χ2n) is 5.83. The van der Waals surface area contributed by atoms with Gasteiger partial charge in [0.1, 0.15) is 5.75 Å². The molecule has 1 unspecified atom stereocenters. The zero-order chi connectivity index (χ0) is 25.3. The lowest BCUT2D eigenvalue weighted by Crippen LogP contribution is -2.60. The quantitative estimate of drug-likeness (QED) is 0.785. The van der Waals surface area contributed by atoms with Crippen LogP contribution < -0.4 is 4.74 Å². The number of piperidine rings is 1. The van der Waals surface area contributed by atoms with E-state index < -0.39 is 62.2 Å². The molecule has 0 aromatic heterocycles. The third-order valence-electron chi connectivity index (χ3n) is 4.66. The zero-order valence-electron chi connectivity index (χ0n) is 24.2. The van der Waals surface area contributed by atoms with Gasteiger partial charge in [0.25, 0.3) is 0 Å². The van der Waals surface area contributed by atoms with Gasteiger partial charge in [0.15, 0.2) is 0 Å². The maximum atomic E-state index is 9.62. The molecule has 1 aromatic rings. The average molecular weight is 298 g/mol. The van der Waals surface area contributed by atoms with Crippen LogP contribution >= 0.6 is 0 Å². The summed E-state index contributed by atoms with van der Waals surface area (Å²) in [6.07, 6.45) is -10.0. The number of benzene rings is 1. The topological polar surface area (TPSA) is 12.5 Å². The van der Waals surface area contributed by atoms with Crippen molar-refractivity contribution in [2.24, 2.45) is 11.8 Å². The van der Waals surface area contributed by atoms with Crippen molar-refractivity contribution in [3.05, 3.63) is 29.3 Å². The molecule has 2 nitrogen and oxygen atoms in total. The lowest BCUT2D eigenvalue weighted by atomic mass is 9.51. The Hall–Kier alpha value is -1.02. The minimum absolute atomic E-state index is 0.137. The molecule has 3 aliphatic rings. The van der Waals surface area contributed by atoms with E-state index in [9.17, 15) is 2.74 Å². The van der Waals surface area contributed by atoms with Crippen LogP contribution in [0.4, 0.5) is 0 Å². The lowest BCUT2D eigenvalue weighted by molar-refractivity contribution is -0.0112. The standard InChI is InChI=1S/C19H27NO/c1-13-6-7-19-8-9-20(2)18(17(19)10-13)11-14-4-5-15(21-3)12-16(14)19/h4-5,12-13,17-18H,6-11H2,1-3H3/t13?,17-,18+,19-/m1/s1/i2D3,6D2,7D2,10D2,13D,17D,18D. The van der Waals surface area contributed by atoms with E-state index in [0.29, 0.717) is 5.56 Å². The van der Waals surface area contributed by atoms with Crippen LogP contribution in [0.5, 0.6) is 5.75 Å². The van der Waals surface area contributed by atoms with Crippen molar-refractivity contribution in [2.45, 2.75) is 50.3 Å². The summed E-state index contributed by atoms with van der Waals surface area (Å²) in [5, 5.41) is 0. The molecule has 4 rings (SSSR count). The summed E-state index contributed by atoms with van der Waals surface area (Å²) in [6, 6.07) is 2.03. The van der Waals surface area contributed by atoms with E-state index in [0.717, 1.165) is 11.8 Å². The second kappa shape index (κ2) is 4.74. The fourth-order valence-electron chi connectivity index (χ4n) is 3.58. The number of fused-ring (bicyclic) bond motifs is 1. The number of likely N-dealkylation sites (tertiary alicyclic amines) is 1. The van der Waals surface area contributed by atoms with E-state index >= 15 is 0 Å². The van der Waals surface area contributed by atoms with Crippen LogP contribution in [0.1, 0.15) is 60.0 Å². The van der Waals surface area contributed by atoms with Crippen LogP contribution in [0.15, 0.2) is 18.2 Å². The normalized spacial score (nSPS) is 65.2. The van der Waals surface area contributed by atoms with Gasteiger partial charge in [-0.25, -0.2) is 0 Å². The fraction of sp³-hybridized carbons (Fsp3) is 0.684. The smallest absolute Gasteiger partial charge is 0.119 e. The Morgan fingerprint density at radius 1 is 1.52 bits per heavy atom. The molecule has 1 saturated heterocycles. The van der Waals surface area contributed by atoms with Gasteiger partial charge >= 0.3 is 0 Å². The Morgan fingerprint density at radius 3 is 3.24 bits per heavy atom. The van der Waals surface area contributed by atoms with Gasteiger partial charge in [-0.05, 0) is 80.5 Å². The molecule has 1 aliphatic heterocycles. The van der Waals surface area contributed by atoms with Crippen LogP contribution in [0, 0.1) is 11.8 Å². The third kappa shape index (κ3) is 1.88. The Balaban J connectivity index is 2.23. The zero-order valence-corrected chi connectivity index (χ0v) is 12.2. The maximum Gasteiger partial charge on any atom is 0.119 e. The SMILES string of the molecule is [2H]C([2H])([2H])N1CC[C@]23c4cc(OC)ccc4C[C@@]1([2H])[C@@]2([2H])C([2H])([2H])C([2H])(C)C([2H])([2H])C3([2H])[2H]. The van der Waals surface area contributed by atoms with Gasteiger partial charge in [-0.3, -0.25) is 0 Å². The molecule has 1 saturated carbocycles. The Kier molecular flexibility index (Phi) is 1.33. The monoisotopic (exact) mass is 297 g/mol. The van der Waals surface area contributed by atoms with E-state index in [-0.39, 0.29) is 17.9 Å². The molecule has 21 heavy (non-hydrogen) atoms. The molecular weight excluding hydrogens is 258 g/mol. The summed E-state index contributed by atoms with van der Waals surface area (Å²) in [4.78, 5) is 0.753. The van der Waals surface area contributed by atoms with Gasteiger partial charge in [-0.2, -0.15) is 0 Å². The highest BCUT2D eigenvalue weighted by molar-refractivity contribution is 5.45. The number of hydrogen-bond acceptors (Lipinski definition) is 2. The molecule has 1 heterocycles. The number of methoxy groups -OCH3 is 1. The molecule has 4 atom stereocenters. The highest BCUT2D eigenvalue weighted by atomic mass is 16.5. The largest absolute Gasteiger partial charge is 0.497 e. The summed E-state index contributed by atoms with van der Waals surface area (Å²) >= 11 is 0. The molecule has 0 spiro atoms. The summed E-state index contributed by atoms with van der Waals surface area (Å²) in [7, 11) is 1.39. The molecule has 2 fully saturated rings. The van der Waals surface area contributed by atoms with Gasteiger partial charge in [0.05, 0.1) is 7.11 Å². The molecular formula is C19H27NO. The minimum atomic E-state index is -3.12. The van der Waals surface area contributed by atoms with Crippen molar-refractivity contribution in [3.8, 4) is 5.75 Å². The van der Waals surface area contributed by atoms with Gasteiger partial charge in [-0.15, -0.1) is 0 Å². The van der Waals surface area contributed by atoms with Crippen molar-refractivity contribution < 1.29 is 21.2 Å². The van der Waals surface area contributed by atoms with Crippen molar-refractivity contribution in [2.75, 3.05) is 20.6 Å². The van der Waals surface area contributed by atoms with Gasteiger partial charge < -0.3 is 9.64 Å². The number of hydrogen-bond donors (Lipinski definition) is 0. The molecule has 0 amide bonds. The van der Waals surface area contributed by atoms with Crippen molar-refractivity contribution in [1.29, 1.82) is 0 Å². The molecule has 0 radical (unpaired) electrons. The van der Waals surface area contributed by atoms with E-state index in [1.165, 1.54) is 19.2 Å². The predicted octanol–water partition coefficient (Wildman–Crippen LogP) is 3.63. The van der Waals surface area contributed by atoms with Crippen molar-refractivity contribution >= 4 is 0 Å². The van der Waals surface area contributed by atoms with Crippen LogP contribution in [-0.4, -0.2) is 31.5 Å². The first-order valence-electron chi connectivity index (χ1n) is 13.2. The molecule has 1 aromatic carbocycles. The Labute approximate surface area is 145 Å². The van der Waals surface area contributed by atoms with Crippen LogP contribution in [-0.2, 0) is 11.8 Å². The summed E-state index contributed by atoms with van der Waals surface area (Å²) in [5.41, 5.74) is -1.79. The molecule has 114 valence electrons. The van der Waals surface area contributed by atoms with Gasteiger partial charge in [0.2, 0.25) is 0 Å². The molecule has 0 N–H and O–H groups in total. The van der Waals surface area contributed by atoms with Gasteiger partial charge in [-0.1, -0.05) is 13.0 Å². The van der Waals surface area contributed by atoms with Crippen LogP contribution in [0.3, 0.4) is 0 Å². The predicted molar refractivity (Wildman–Crippen MR) is 85.9 cm³/mol. The van der Waals surface area contributed by atoms with Crippen molar-refractivity contribution in [3.63, 3.8) is 0 Å². The number of nitrogens with zero attached hydrogens (tertiary/aromatic N) is 1. The summed E-state index contributed by atoms with van der Waals surface area (Å²) < 4.78 is 110. The number of ether oxygens (including phenoxy) is 1. The Morgan fingerprint density at radius 2 is 2.43 bits per heavy atom. The second-order valence-corrected chi connectivity index (χ2v) is 5.83. The summed E-state index contributed by atoms with van der Waals surface area (Å²) in [5.74, 6) is -5.38. The van der Waals surface area contributed by atoms with E-state index in [4.69, 9.17) is 18.4 Å². The maximum absolute atomic E-state index is 9.62. The first-order valence-corrected chi connectivity index (χ1v) is 7.17. The number of likely N-dealkylation sites (N-methyl/N-ethyl adjacent to an activating group) is 1. The van der Waals surface area contributed by atoms with Gasteiger partial charge in [0, 0.05) is 27.9 Å². The number of rotatable bonds is 1. The Bertz CT molecular complexity index is 1010. The molecule has 2 heteroatoms. The molecule has 2 bridgehead atoms. The van der Waals surface area contributed by atoms with E-state index in [1.807, 2.05) is 0 Å². The lowest BCUT2D eigenvalue weighted by Gasteiger charge is -2.59. The van der Waals surface area contributed by atoms with Crippen LogP contribution in [0.25, 0.3) is 0 Å². The molecule has 2 aliphatic carbocycles. The fourth-order valence-corrected chi connectivity index (χ4v) is 3.58. The highest BCUT2D eigenvalue weighted by Gasteiger charge is 2.54. The van der Waals surface area contributed by atoms with E-state index in [1.54, 1.807) is 6.07 Å². The van der Waals surface area contributed by atoms with Crippen LogP contribution in [0.2, 0.25) is 0 Å². The third-order valence-corrected chi connectivity index (χ3v) is 4.66. The minimum Gasteiger partial charge on any atom is -0.497 e. The van der Waals surface area contributed by atoms with E-state index in [2.05, 4.69) is 0 Å².